The number of ether oxygens (including phenoxy) is 1. The van der Waals surface area contributed by atoms with E-state index in [9.17, 15) is 4.79 Å². The van der Waals surface area contributed by atoms with Crippen molar-refractivity contribution >= 4 is 6.03 Å². The van der Waals surface area contributed by atoms with E-state index >= 15 is 0 Å². The van der Waals surface area contributed by atoms with Crippen LogP contribution in [-0.2, 0) is 0 Å². The van der Waals surface area contributed by atoms with Crippen LogP contribution in [0, 0.1) is 0 Å². The maximum absolute atomic E-state index is 12.3. The van der Waals surface area contributed by atoms with Crippen molar-refractivity contribution in [3.63, 3.8) is 0 Å². The molecule has 0 unspecified atom stereocenters. The van der Waals surface area contributed by atoms with E-state index in [1.54, 1.807) is 18.3 Å². The van der Waals surface area contributed by atoms with Gasteiger partial charge < -0.3 is 19.5 Å². The largest absolute Gasteiger partial charge is 0.475 e. The van der Waals surface area contributed by atoms with Gasteiger partial charge in [0.05, 0.1) is 6.10 Å². The summed E-state index contributed by atoms with van der Waals surface area (Å²) in [5.41, 5.74) is 0.750. The molecule has 26 heavy (non-hydrogen) atoms. The number of likely N-dealkylation sites (tertiary alicyclic amines) is 1. The Labute approximate surface area is 152 Å². The van der Waals surface area contributed by atoms with E-state index in [0.29, 0.717) is 17.6 Å². The van der Waals surface area contributed by atoms with Gasteiger partial charge in [0.2, 0.25) is 17.6 Å². The standard InChI is InChI=1S/C18H25N5O3/c1-12(2)25-15-11-14(7-8-19-15)16-21-17(26-22-16)13(3)20-18(24)23-9-5-4-6-10-23/h7-8,11-13H,4-6,9-10H2,1-3H3,(H,20,24)/t13-/m0/s1. The highest BCUT2D eigenvalue weighted by atomic mass is 16.5. The van der Waals surface area contributed by atoms with Crippen molar-refractivity contribution in [1.29, 1.82) is 0 Å². The van der Waals surface area contributed by atoms with Crippen molar-refractivity contribution in [1.82, 2.24) is 25.3 Å². The molecule has 1 fully saturated rings. The molecule has 140 valence electrons. The van der Waals surface area contributed by atoms with Gasteiger partial charge in [0.15, 0.2) is 0 Å². The van der Waals surface area contributed by atoms with Gasteiger partial charge >= 0.3 is 6.03 Å². The highest BCUT2D eigenvalue weighted by molar-refractivity contribution is 5.74. The van der Waals surface area contributed by atoms with Crippen LogP contribution in [-0.4, -0.2) is 45.2 Å². The molecule has 0 aliphatic carbocycles. The van der Waals surface area contributed by atoms with Crippen LogP contribution < -0.4 is 10.1 Å². The van der Waals surface area contributed by atoms with Gasteiger partial charge in [0.25, 0.3) is 0 Å². The molecular formula is C18H25N5O3. The molecule has 0 saturated carbocycles. The predicted molar refractivity (Wildman–Crippen MR) is 95.7 cm³/mol. The van der Waals surface area contributed by atoms with Crippen molar-refractivity contribution in [2.45, 2.75) is 52.2 Å². The van der Waals surface area contributed by atoms with Crippen molar-refractivity contribution < 1.29 is 14.1 Å². The number of rotatable bonds is 5. The summed E-state index contributed by atoms with van der Waals surface area (Å²) in [5.74, 6) is 1.32. The lowest BCUT2D eigenvalue weighted by Gasteiger charge is -2.27. The number of hydrogen-bond donors (Lipinski definition) is 1. The minimum atomic E-state index is -0.362. The third-order valence-corrected chi connectivity index (χ3v) is 4.14. The Kier molecular flexibility index (Phi) is 5.70. The molecule has 2 aromatic heterocycles. The lowest BCUT2D eigenvalue weighted by molar-refractivity contribution is 0.180. The zero-order valence-corrected chi connectivity index (χ0v) is 15.4. The molecule has 3 rings (SSSR count). The molecular weight excluding hydrogens is 334 g/mol. The molecule has 2 amide bonds. The number of carbonyl (C=O) groups excluding carboxylic acids is 1. The second-order valence-electron chi connectivity index (χ2n) is 6.72. The minimum Gasteiger partial charge on any atom is -0.475 e. The summed E-state index contributed by atoms with van der Waals surface area (Å²) in [6.45, 7) is 7.30. The van der Waals surface area contributed by atoms with Crippen LogP contribution in [0.4, 0.5) is 4.79 Å². The van der Waals surface area contributed by atoms with Crippen LogP contribution in [0.5, 0.6) is 5.88 Å². The van der Waals surface area contributed by atoms with E-state index in [-0.39, 0.29) is 18.2 Å². The van der Waals surface area contributed by atoms with Crippen LogP contribution in [0.2, 0.25) is 0 Å². The number of urea groups is 1. The number of nitrogens with one attached hydrogen (secondary N) is 1. The van der Waals surface area contributed by atoms with Crippen molar-refractivity contribution in [3.8, 4) is 17.3 Å². The number of piperidine rings is 1. The molecule has 1 saturated heterocycles. The van der Waals surface area contributed by atoms with Gasteiger partial charge in [-0.1, -0.05) is 5.16 Å². The molecule has 0 bridgehead atoms. The SMILES string of the molecule is CC(C)Oc1cc(-c2noc([C@H](C)NC(=O)N3CCCCC3)n2)ccn1. The first-order valence-corrected chi connectivity index (χ1v) is 9.05. The first-order chi connectivity index (χ1) is 12.5. The number of pyridine rings is 1. The highest BCUT2D eigenvalue weighted by Gasteiger charge is 2.22. The van der Waals surface area contributed by atoms with Gasteiger partial charge in [0, 0.05) is 30.9 Å². The maximum atomic E-state index is 12.3. The second-order valence-corrected chi connectivity index (χ2v) is 6.72. The Morgan fingerprint density at radius 3 is 2.77 bits per heavy atom. The third kappa shape index (κ3) is 4.50. The Morgan fingerprint density at radius 2 is 2.04 bits per heavy atom. The summed E-state index contributed by atoms with van der Waals surface area (Å²) < 4.78 is 10.9. The molecule has 0 aromatic carbocycles. The zero-order chi connectivity index (χ0) is 18.5. The fourth-order valence-corrected chi connectivity index (χ4v) is 2.82. The summed E-state index contributed by atoms with van der Waals surface area (Å²) in [6, 6.07) is 3.11. The molecule has 2 aromatic rings. The van der Waals surface area contributed by atoms with Gasteiger partial charge in [-0.2, -0.15) is 4.98 Å². The second kappa shape index (κ2) is 8.16. The van der Waals surface area contributed by atoms with Crippen LogP contribution in [0.15, 0.2) is 22.9 Å². The topological polar surface area (TPSA) is 93.4 Å². The Balaban J connectivity index is 1.66. The van der Waals surface area contributed by atoms with Gasteiger partial charge in [-0.15, -0.1) is 0 Å². The van der Waals surface area contributed by atoms with Crippen molar-refractivity contribution in [2.75, 3.05) is 13.1 Å². The molecule has 3 heterocycles. The molecule has 8 nitrogen and oxygen atoms in total. The van der Waals surface area contributed by atoms with Gasteiger partial charge in [-0.3, -0.25) is 0 Å². The Morgan fingerprint density at radius 1 is 1.27 bits per heavy atom. The molecule has 8 heteroatoms. The van der Waals surface area contributed by atoms with E-state index < -0.39 is 0 Å². The first-order valence-electron chi connectivity index (χ1n) is 9.05. The van der Waals surface area contributed by atoms with Crippen LogP contribution in [0.3, 0.4) is 0 Å². The summed E-state index contributed by atoms with van der Waals surface area (Å²) in [6.07, 6.45) is 4.96. The smallest absolute Gasteiger partial charge is 0.318 e. The summed E-state index contributed by atoms with van der Waals surface area (Å²) >= 11 is 0. The highest BCUT2D eigenvalue weighted by Crippen LogP contribution is 2.22. The molecule has 1 aliphatic heterocycles. The van der Waals surface area contributed by atoms with Crippen LogP contribution in [0.25, 0.3) is 11.4 Å². The van der Waals surface area contributed by atoms with Crippen LogP contribution in [0.1, 0.15) is 52.0 Å². The van der Waals surface area contributed by atoms with E-state index in [1.165, 1.54) is 6.42 Å². The average Bonchev–Trinajstić information content (AvgIpc) is 3.12. The summed E-state index contributed by atoms with van der Waals surface area (Å²) in [4.78, 5) is 22.7. The fraction of sp³-hybridized carbons (Fsp3) is 0.556. The minimum absolute atomic E-state index is 0.0311. The molecule has 1 N–H and O–H groups in total. The van der Waals surface area contributed by atoms with Crippen LogP contribution >= 0.6 is 0 Å². The average molecular weight is 359 g/mol. The van der Waals surface area contributed by atoms with Crippen molar-refractivity contribution in [2.24, 2.45) is 0 Å². The monoisotopic (exact) mass is 359 g/mol. The summed E-state index contributed by atoms with van der Waals surface area (Å²) in [5, 5.41) is 6.94. The number of nitrogens with zero attached hydrogens (tertiary/aromatic N) is 4. The zero-order valence-electron chi connectivity index (χ0n) is 15.4. The lowest BCUT2D eigenvalue weighted by atomic mass is 10.1. The Hall–Kier alpha value is -2.64. The number of carbonyl (C=O) groups is 1. The van der Waals surface area contributed by atoms with Gasteiger partial charge in [-0.25, -0.2) is 9.78 Å². The first kappa shape index (κ1) is 18.2. The van der Waals surface area contributed by atoms with E-state index in [1.807, 2.05) is 25.7 Å². The molecule has 0 spiro atoms. The number of aromatic nitrogens is 3. The number of hydrogen-bond acceptors (Lipinski definition) is 6. The molecule has 1 atom stereocenters. The maximum Gasteiger partial charge on any atom is 0.318 e. The Bertz CT molecular complexity index is 740. The normalized spacial score (nSPS) is 15.8. The predicted octanol–water partition coefficient (Wildman–Crippen LogP) is 3.18. The molecule has 0 radical (unpaired) electrons. The third-order valence-electron chi connectivity index (χ3n) is 4.14. The molecule has 1 aliphatic rings. The quantitative estimate of drug-likeness (QED) is 0.881. The fourth-order valence-electron chi connectivity index (χ4n) is 2.82. The van der Waals surface area contributed by atoms with E-state index in [4.69, 9.17) is 9.26 Å². The van der Waals surface area contributed by atoms with E-state index in [2.05, 4.69) is 20.4 Å². The summed E-state index contributed by atoms with van der Waals surface area (Å²) in [7, 11) is 0. The van der Waals surface area contributed by atoms with E-state index in [0.717, 1.165) is 31.5 Å². The lowest BCUT2D eigenvalue weighted by Crippen LogP contribution is -2.43. The van der Waals surface area contributed by atoms with Gasteiger partial charge in [0.1, 0.15) is 6.04 Å². The number of amides is 2. The van der Waals surface area contributed by atoms with Gasteiger partial charge in [-0.05, 0) is 46.1 Å². The van der Waals surface area contributed by atoms with Crippen molar-refractivity contribution in [3.05, 3.63) is 24.2 Å².